The summed E-state index contributed by atoms with van der Waals surface area (Å²) in [5.41, 5.74) is 1.06. The van der Waals surface area contributed by atoms with Gasteiger partial charge in [-0.05, 0) is 38.8 Å². The van der Waals surface area contributed by atoms with Crippen molar-refractivity contribution in [1.29, 1.82) is 0 Å². The number of nitrogens with zero attached hydrogens (tertiary/aromatic N) is 1. The van der Waals surface area contributed by atoms with Crippen LogP contribution in [0.2, 0.25) is 0 Å². The second kappa shape index (κ2) is 10.9. The molecule has 0 fully saturated rings. The molecule has 5 heteroatoms. The summed E-state index contributed by atoms with van der Waals surface area (Å²) in [5, 5.41) is 2.91. The topological polar surface area (TPSA) is 66.5 Å². The van der Waals surface area contributed by atoms with Crippen LogP contribution in [0.3, 0.4) is 0 Å². The van der Waals surface area contributed by atoms with Gasteiger partial charge in [0.2, 0.25) is 5.91 Å². The highest BCUT2D eigenvalue weighted by atomic mass is 16.2. The van der Waals surface area contributed by atoms with E-state index in [0.29, 0.717) is 24.1 Å². The lowest BCUT2D eigenvalue weighted by Crippen LogP contribution is -2.30. The summed E-state index contributed by atoms with van der Waals surface area (Å²) in [6.07, 6.45) is 9.20. The van der Waals surface area contributed by atoms with E-state index < -0.39 is 0 Å². The number of imide groups is 1. The van der Waals surface area contributed by atoms with Crippen LogP contribution in [0.25, 0.3) is 0 Å². The van der Waals surface area contributed by atoms with Crippen LogP contribution in [0.4, 0.5) is 0 Å². The fourth-order valence-corrected chi connectivity index (χ4v) is 3.45. The van der Waals surface area contributed by atoms with Crippen molar-refractivity contribution in [3.8, 4) is 0 Å². The maximum Gasteiger partial charge on any atom is 0.261 e. The minimum Gasteiger partial charge on any atom is -0.354 e. The monoisotopic (exact) mass is 372 g/mol. The number of unbranched alkanes of at least 4 members (excludes halogenated alkanes) is 7. The quantitative estimate of drug-likeness (QED) is 0.439. The van der Waals surface area contributed by atoms with Crippen molar-refractivity contribution in [2.45, 2.75) is 77.7 Å². The molecule has 5 nitrogen and oxygen atoms in total. The smallest absolute Gasteiger partial charge is 0.261 e. The highest BCUT2D eigenvalue weighted by Gasteiger charge is 2.34. The molecule has 27 heavy (non-hydrogen) atoms. The fourth-order valence-electron chi connectivity index (χ4n) is 3.45. The summed E-state index contributed by atoms with van der Waals surface area (Å²) in [6.45, 7) is 4.47. The minimum atomic E-state index is -0.155. The Kier molecular flexibility index (Phi) is 8.49. The molecule has 0 aliphatic carbocycles. The molecule has 148 valence electrons. The van der Waals surface area contributed by atoms with Gasteiger partial charge in [-0.2, -0.15) is 0 Å². The summed E-state index contributed by atoms with van der Waals surface area (Å²) in [7, 11) is 0. The number of hydrogen-bond acceptors (Lipinski definition) is 3. The Bertz CT molecular complexity index is 620. The Labute approximate surface area is 162 Å². The number of hydrogen-bond donors (Lipinski definition) is 1. The molecule has 0 bridgehead atoms. The third-order valence-electron chi connectivity index (χ3n) is 4.86. The Morgan fingerprint density at radius 3 is 1.85 bits per heavy atom. The van der Waals surface area contributed by atoms with Crippen LogP contribution in [0.1, 0.15) is 92.4 Å². The van der Waals surface area contributed by atoms with Crippen LogP contribution in [-0.4, -0.2) is 35.2 Å². The molecule has 1 aromatic carbocycles. The predicted octanol–water partition coefficient (Wildman–Crippen LogP) is 4.32. The van der Waals surface area contributed by atoms with Crippen molar-refractivity contribution >= 4 is 17.7 Å². The lowest BCUT2D eigenvalue weighted by atomic mass is 10.1. The van der Waals surface area contributed by atoms with Gasteiger partial charge in [0.15, 0.2) is 0 Å². The normalized spacial score (nSPS) is 13.4. The summed E-state index contributed by atoms with van der Waals surface area (Å²) in [5.74, 6) is -0.160. The third kappa shape index (κ3) is 6.49. The maximum atomic E-state index is 12.3. The first-order chi connectivity index (χ1) is 13.0. The number of amides is 3. The van der Waals surface area contributed by atoms with Crippen molar-refractivity contribution in [1.82, 2.24) is 10.2 Å². The molecular formula is C22H32N2O3. The molecule has 2 rings (SSSR count). The first-order valence-corrected chi connectivity index (χ1v) is 10.3. The number of carbonyl (C=O) groups is 3. The molecule has 0 saturated carbocycles. The van der Waals surface area contributed by atoms with E-state index in [4.69, 9.17) is 0 Å². The van der Waals surface area contributed by atoms with E-state index in [0.717, 1.165) is 38.5 Å². The summed E-state index contributed by atoms with van der Waals surface area (Å²) < 4.78 is 0. The Hall–Kier alpha value is -2.17. The van der Waals surface area contributed by atoms with E-state index in [-0.39, 0.29) is 23.8 Å². The van der Waals surface area contributed by atoms with Crippen LogP contribution in [0.15, 0.2) is 24.3 Å². The van der Waals surface area contributed by atoms with Crippen molar-refractivity contribution in [2.24, 2.45) is 0 Å². The van der Waals surface area contributed by atoms with Gasteiger partial charge >= 0.3 is 0 Å². The van der Waals surface area contributed by atoms with E-state index in [9.17, 15) is 14.4 Å². The largest absolute Gasteiger partial charge is 0.354 e. The Balaban J connectivity index is 1.48. The van der Waals surface area contributed by atoms with Gasteiger partial charge in [-0.3, -0.25) is 19.3 Å². The van der Waals surface area contributed by atoms with Gasteiger partial charge in [-0.15, -0.1) is 0 Å². The standard InChI is InChI=1S/C22H32N2O3/c1-17(2)23-20(25)15-9-7-5-3-4-6-8-12-16-24-21(26)18-13-10-11-14-19(18)22(24)27/h10-11,13-14,17H,3-9,12,15-16H2,1-2H3,(H,23,25). The molecule has 0 aromatic heterocycles. The minimum absolute atomic E-state index is 0.151. The zero-order valence-corrected chi connectivity index (χ0v) is 16.6. The lowest BCUT2D eigenvalue weighted by Gasteiger charge is -2.13. The predicted molar refractivity (Wildman–Crippen MR) is 107 cm³/mol. The number of rotatable bonds is 12. The van der Waals surface area contributed by atoms with Gasteiger partial charge in [-0.1, -0.05) is 50.7 Å². The van der Waals surface area contributed by atoms with Crippen LogP contribution < -0.4 is 5.32 Å². The number of benzene rings is 1. The zero-order chi connectivity index (χ0) is 19.6. The highest BCUT2D eigenvalue weighted by molar-refractivity contribution is 6.21. The molecule has 1 heterocycles. The van der Waals surface area contributed by atoms with E-state index >= 15 is 0 Å². The first kappa shape index (κ1) is 21.1. The third-order valence-corrected chi connectivity index (χ3v) is 4.86. The van der Waals surface area contributed by atoms with Gasteiger partial charge in [0.25, 0.3) is 11.8 Å². The van der Waals surface area contributed by atoms with E-state index in [1.807, 2.05) is 13.8 Å². The van der Waals surface area contributed by atoms with Gasteiger partial charge in [0.1, 0.15) is 0 Å². The maximum absolute atomic E-state index is 12.3. The highest BCUT2D eigenvalue weighted by Crippen LogP contribution is 2.23. The second-order valence-corrected chi connectivity index (χ2v) is 7.61. The van der Waals surface area contributed by atoms with E-state index in [2.05, 4.69) is 5.32 Å². The first-order valence-electron chi connectivity index (χ1n) is 10.3. The zero-order valence-electron chi connectivity index (χ0n) is 16.6. The van der Waals surface area contributed by atoms with Crippen LogP contribution in [0.5, 0.6) is 0 Å². The molecule has 1 aliphatic heterocycles. The van der Waals surface area contributed by atoms with Crippen molar-refractivity contribution in [3.05, 3.63) is 35.4 Å². The molecule has 1 aromatic rings. The molecule has 0 saturated heterocycles. The van der Waals surface area contributed by atoms with E-state index in [1.165, 1.54) is 17.7 Å². The SMILES string of the molecule is CC(C)NC(=O)CCCCCCCCCCN1C(=O)c2ccccc2C1=O. The molecule has 3 amide bonds. The molecule has 0 radical (unpaired) electrons. The molecule has 0 unspecified atom stereocenters. The summed E-state index contributed by atoms with van der Waals surface area (Å²) in [4.78, 5) is 37.4. The van der Waals surface area contributed by atoms with Crippen molar-refractivity contribution in [2.75, 3.05) is 6.54 Å². The van der Waals surface area contributed by atoms with Crippen LogP contribution in [-0.2, 0) is 4.79 Å². The van der Waals surface area contributed by atoms with Gasteiger partial charge < -0.3 is 5.32 Å². The summed E-state index contributed by atoms with van der Waals surface area (Å²) >= 11 is 0. The van der Waals surface area contributed by atoms with Gasteiger partial charge in [0.05, 0.1) is 11.1 Å². The average molecular weight is 373 g/mol. The van der Waals surface area contributed by atoms with Gasteiger partial charge in [-0.25, -0.2) is 0 Å². The van der Waals surface area contributed by atoms with Crippen molar-refractivity contribution in [3.63, 3.8) is 0 Å². The fraction of sp³-hybridized carbons (Fsp3) is 0.591. The second-order valence-electron chi connectivity index (χ2n) is 7.61. The summed E-state index contributed by atoms with van der Waals surface area (Å²) in [6, 6.07) is 7.26. The number of carbonyl (C=O) groups excluding carboxylic acids is 3. The molecule has 1 aliphatic rings. The van der Waals surface area contributed by atoms with Crippen LogP contribution >= 0.6 is 0 Å². The van der Waals surface area contributed by atoms with E-state index in [1.54, 1.807) is 24.3 Å². The van der Waals surface area contributed by atoms with Crippen LogP contribution in [0, 0.1) is 0 Å². The number of fused-ring (bicyclic) bond motifs is 1. The Morgan fingerprint density at radius 1 is 0.852 bits per heavy atom. The Morgan fingerprint density at radius 2 is 1.33 bits per heavy atom. The lowest BCUT2D eigenvalue weighted by molar-refractivity contribution is -0.121. The molecular weight excluding hydrogens is 340 g/mol. The average Bonchev–Trinajstić information content (AvgIpc) is 2.87. The van der Waals surface area contributed by atoms with Crippen molar-refractivity contribution < 1.29 is 14.4 Å². The number of nitrogens with one attached hydrogen (secondary N) is 1. The molecule has 0 atom stereocenters. The molecule has 0 spiro atoms. The van der Waals surface area contributed by atoms with Gasteiger partial charge in [0, 0.05) is 19.0 Å². The molecule has 1 N–H and O–H groups in total.